The summed E-state index contributed by atoms with van der Waals surface area (Å²) in [6.07, 6.45) is 5.29. The predicted molar refractivity (Wildman–Crippen MR) is 46.2 cm³/mol. The summed E-state index contributed by atoms with van der Waals surface area (Å²) in [7, 11) is 0. The molecule has 0 radical (unpaired) electrons. The van der Waals surface area contributed by atoms with E-state index in [2.05, 4.69) is 12.4 Å². The second-order valence-electron chi connectivity index (χ2n) is 3.34. The van der Waals surface area contributed by atoms with E-state index < -0.39 is 0 Å². The van der Waals surface area contributed by atoms with Gasteiger partial charge in [0.25, 0.3) is 0 Å². The minimum atomic E-state index is 0.625. The van der Waals surface area contributed by atoms with E-state index in [0.717, 1.165) is 12.5 Å². The zero-order chi connectivity index (χ0) is 8.10. The number of hydrogen-bond donors (Lipinski definition) is 1. The molecule has 11 heavy (non-hydrogen) atoms. The number of nitrogens with one attached hydrogen (secondary N) is 1. The Morgan fingerprint density at radius 3 is 2.73 bits per heavy atom. The third-order valence-corrected chi connectivity index (χ3v) is 2.51. The second-order valence-corrected chi connectivity index (χ2v) is 3.34. The minimum absolute atomic E-state index is 0.625. The van der Waals surface area contributed by atoms with Crippen LogP contribution in [0.4, 0.5) is 0 Å². The van der Waals surface area contributed by atoms with Gasteiger partial charge in [0.2, 0.25) is 0 Å². The maximum Gasteiger partial charge on any atom is 0.0654 e. The highest BCUT2D eigenvalue weighted by molar-refractivity contribution is 4.77. The van der Waals surface area contributed by atoms with Crippen LogP contribution in [0, 0.1) is 5.92 Å². The van der Waals surface area contributed by atoms with E-state index >= 15 is 0 Å². The molecule has 2 atom stereocenters. The summed E-state index contributed by atoms with van der Waals surface area (Å²) < 4.78 is 0. The molecule has 66 valence electrons. The molecule has 2 unspecified atom stereocenters. The second kappa shape index (κ2) is 4.73. The summed E-state index contributed by atoms with van der Waals surface area (Å²) >= 11 is 0. The Morgan fingerprint density at radius 1 is 1.36 bits per heavy atom. The van der Waals surface area contributed by atoms with Crippen LogP contribution in [0.1, 0.15) is 39.5 Å². The summed E-state index contributed by atoms with van der Waals surface area (Å²) in [5.41, 5.74) is 3.10. The summed E-state index contributed by atoms with van der Waals surface area (Å²) in [4.78, 5) is 5.16. The Hall–Kier alpha value is -0.0800. The van der Waals surface area contributed by atoms with Gasteiger partial charge in [0, 0.05) is 6.04 Å². The monoisotopic (exact) mass is 157 g/mol. The molecule has 1 aliphatic rings. The molecule has 1 saturated carbocycles. The lowest BCUT2D eigenvalue weighted by Crippen LogP contribution is -2.26. The van der Waals surface area contributed by atoms with E-state index in [0.29, 0.717) is 6.04 Å². The summed E-state index contributed by atoms with van der Waals surface area (Å²) in [6, 6.07) is 0.625. The van der Waals surface area contributed by atoms with Crippen molar-refractivity contribution in [3.63, 3.8) is 0 Å². The summed E-state index contributed by atoms with van der Waals surface area (Å²) in [5, 5.41) is 0. The van der Waals surface area contributed by atoms with Crippen LogP contribution in [0.3, 0.4) is 0 Å². The average molecular weight is 157 g/mol. The van der Waals surface area contributed by atoms with E-state index in [1.165, 1.54) is 25.7 Å². The first kappa shape index (κ1) is 9.01. The van der Waals surface area contributed by atoms with Crippen LogP contribution in [-0.2, 0) is 4.84 Å². The van der Waals surface area contributed by atoms with Crippen LogP contribution in [0.2, 0.25) is 0 Å². The Labute approximate surface area is 69.3 Å². The van der Waals surface area contributed by atoms with Gasteiger partial charge in [-0.15, -0.1) is 0 Å². The maximum atomic E-state index is 5.16. The van der Waals surface area contributed by atoms with E-state index in [-0.39, 0.29) is 0 Å². The lowest BCUT2D eigenvalue weighted by Gasteiger charge is -2.10. The molecule has 1 rings (SSSR count). The molecule has 1 fully saturated rings. The van der Waals surface area contributed by atoms with Crippen LogP contribution < -0.4 is 5.48 Å². The van der Waals surface area contributed by atoms with Gasteiger partial charge in [0.15, 0.2) is 0 Å². The molecule has 1 N–H and O–H groups in total. The van der Waals surface area contributed by atoms with Gasteiger partial charge in [0.1, 0.15) is 0 Å². The molecular weight excluding hydrogens is 138 g/mol. The van der Waals surface area contributed by atoms with Gasteiger partial charge in [-0.05, 0) is 32.1 Å². The predicted octanol–water partition coefficient (Wildman–Crippen LogP) is 2.11. The maximum absolute atomic E-state index is 5.16. The van der Waals surface area contributed by atoms with Gasteiger partial charge >= 0.3 is 0 Å². The van der Waals surface area contributed by atoms with Crippen LogP contribution in [0.25, 0.3) is 0 Å². The fraction of sp³-hybridized carbons (Fsp3) is 1.00. The smallest absolute Gasteiger partial charge is 0.0654 e. The van der Waals surface area contributed by atoms with Crippen LogP contribution in [0.5, 0.6) is 0 Å². The summed E-state index contributed by atoms with van der Waals surface area (Å²) in [5.74, 6) is 0.938. The fourth-order valence-electron chi connectivity index (χ4n) is 1.75. The van der Waals surface area contributed by atoms with Gasteiger partial charge in [-0.3, -0.25) is 0 Å². The highest BCUT2D eigenvalue weighted by Gasteiger charge is 2.22. The van der Waals surface area contributed by atoms with E-state index in [1.807, 2.05) is 6.92 Å². The van der Waals surface area contributed by atoms with Gasteiger partial charge in [-0.2, -0.15) is 5.48 Å². The lowest BCUT2D eigenvalue weighted by atomic mass is 10.1. The number of hydrogen-bond acceptors (Lipinski definition) is 2. The quantitative estimate of drug-likeness (QED) is 0.631. The van der Waals surface area contributed by atoms with Crippen molar-refractivity contribution in [1.29, 1.82) is 0 Å². The lowest BCUT2D eigenvalue weighted by molar-refractivity contribution is 0.0252. The van der Waals surface area contributed by atoms with Crippen LogP contribution >= 0.6 is 0 Å². The van der Waals surface area contributed by atoms with Crippen molar-refractivity contribution in [2.24, 2.45) is 5.92 Å². The van der Waals surface area contributed by atoms with E-state index in [4.69, 9.17) is 4.84 Å². The fourth-order valence-corrected chi connectivity index (χ4v) is 1.75. The largest absolute Gasteiger partial charge is 0.302 e. The van der Waals surface area contributed by atoms with Crippen molar-refractivity contribution in [3.8, 4) is 0 Å². The molecule has 0 saturated heterocycles. The molecule has 0 spiro atoms. The minimum Gasteiger partial charge on any atom is -0.302 e. The average Bonchev–Trinajstić information content (AvgIpc) is 2.48. The first-order valence-corrected chi connectivity index (χ1v) is 4.74. The van der Waals surface area contributed by atoms with Gasteiger partial charge < -0.3 is 4.84 Å². The molecule has 0 aromatic carbocycles. The molecule has 0 aliphatic heterocycles. The molecule has 0 aromatic rings. The van der Waals surface area contributed by atoms with Crippen molar-refractivity contribution < 1.29 is 4.84 Å². The van der Waals surface area contributed by atoms with Crippen molar-refractivity contribution in [3.05, 3.63) is 0 Å². The molecule has 0 heterocycles. The van der Waals surface area contributed by atoms with Crippen LogP contribution in [0.15, 0.2) is 0 Å². The molecular formula is C9H19NO. The van der Waals surface area contributed by atoms with Crippen LogP contribution in [-0.4, -0.2) is 12.6 Å². The number of hydroxylamine groups is 1. The SMILES string of the molecule is CCONC1CCC(CC)C1. The molecule has 0 aromatic heterocycles. The van der Waals surface area contributed by atoms with Gasteiger partial charge in [0.05, 0.1) is 6.61 Å². The van der Waals surface area contributed by atoms with Crippen molar-refractivity contribution in [1.82, 2.24) is 5.48 Å². The topological polar surface area (TPSA) is 21.3 Å². The molecule has 2 heteroatoms. The third-order valence-electron chi connectivity index (χ3n) is 2.51. The van der Waals surface area contributed by atoms with Crippen molar-refractivity contribution in [2.75, 3.05) is 6.61 Å². The third kappa shape index (κ3) is 2.80. The Kier molecular flexibility index (Phi) is 3.87. The normalized spacial score (nSPS) is 31.1. The first-order chi connectivity index (χ1) is 5.36. The van der Waals surface area contributed by atoms with Gasteiger partial charge in [-0.25, -0.2) is 0 Å². The Morgan fingerprint density at radius 2 is 2.18 bits per heavy atom. The molecule has 0 bridgehead atoms. The Balaban J connectivity index is 2.09. The van der Waals surface area contributed by atoms with E-state index in [9.17, 15) is 0 Å². The first-order valence-electron chi connectivity index (χ1n) is 4.74. The Bertz CT molecular complexity index is 106. The zero-order valence-corrected chi connectivity index (χ0v) is 7.60. The van der Waals surface area contributed by atoms with E-state index in [1.54, 1.807) is 0 Å². The van der Waals surface area contributed by atoms with Gasteiger partial charge in [-0.1, -0.05) is 13.3 Å². The highest BCUT2D eigenvalue weighted by Crippen LogP contribution is 2.27. The molecule has 1 aliphatic carbocycles. The zero-order valence-electron chi connectivity index (χ0n) is 7.60. The molecule has 2 nitrogen and oxygen atoms in total. The van der Waals surface area contributed by atoms with Crippen molar-refractivity contribution >= 4 is 0 Å². The standard InChI is InChI=1S/C9H19NO/c1-3-8-5-6-9(7-8)10-11-4-2/h8-10H,3-7H2,1-2H3. The highest BCUT2D eigenvalue weighted by atomic mass is 16.6. The number of rotatable bonds is 4. The molecule has 0 amide bonds. The summed E-state index contributed by atoms with van der Waals surface area (Å²) in [6.45, 7) is 5.06. The van der Waals surface area contributed by atoms with Crippen molar-refractivity contribution in [2.45, 2.75) is 45.6 Å².